The van der Waals surface area contributed by atoms with E-state index in [1.54, 1.807) is 18.2 Å². The van der Waals surface area contributed by atoms with Crippen LogP contribution >= 0.6 is 27.5 Å². The molecule has 0 fully saturated rings. The van der Waals surface area contributed by atoms with Crippen LogP contribution in [0.15, 0.2) is 40.9 Å². The molecule has 1 amide bonds. The molecule has 0 aliphatic heterocycles. The third-order valence-electron chi connectivity index (χ3n) is 2.66. The molecule has 0 bridgehead atoms. The van der Waals surface area contributed by atoms with E-state index in [0.29, 0.717) is 15.7 Å². The zero-order valence-corrected chi connectivity index (χ0v) is 12.9. The summed E-state index contributed by atoms with van der Waals surface area (Å²) >= 11 is 9.09. The molecule has 0 saturated carbocycles. The Morgan fingerprint density at radius 3 is 2.57 bits per heavy atom. The van der Waals surface area contributed by atoms with Crippen molar-refractivity contribution >= 4 is 50.8 Å². The van der Waals surface area contributed by atoms with Gasteiger partial charge >= 0.3 is 5.97 Å². The van der Waals surface area contributed by atoms with E-state index in [-0.39, 0.29) is 16.3 Å². The molecule has 7 heteroatoms. The van der Waals surface area contributed by atoms with Crippen LogP contribution < -0.4 is 11.1 Å². The van der Waals surface area contributed by atoms with Gasteiger partial charge in [-0.05, 0) is 30.3 Å². The first-order valence-electron chi connectivity index (χ1n) is 5.77. The highest BCUT2D eigenvalue weighted by atomic mass is 79.9. The fraction of sp³-hybridized carbons (Fsp3) is 0. The number of carboxylic acid groups (broad SMARTS) is 1. The number of hydrogen-bond acceptors (Lipinski definition) is 3. The van der Waals surface area contributed by atoms with Gasteiger partial charge in [-0.3, -0.25) is 4.79 Å². The van der Waals surface area contributed by atoms with E-state index in [0.717, 1.165) is 0 Å². The maximum Gasteiger partial charge on any atom is 0.339 e. The normalized spacial score (nSPS) is 10.2. The van der Waals surface area contributed by atoms with Crippen molar-refractivity contribution in [2.45, 2.75) is 0 Å². The number of anilines is 2. The van der Waals surface area contributed by atoms with Crippen LogP contribution in [-0.2, 0) is 0 Å². The van der Waals surface area contributed by atoms with Crippen LogP contribution in [0.2, 0.25) is 5.02 Å². The van der Waals surface area contributed by atoms with Gasteiger partial charge in [0.1, 0.15) is 5.56 Å². The standard InChI is InChI=1S/C14H10BrClN2O3/c15-8-4-7(5-9(17)6-8)13(19)18-11-3-1-2-10(16)12(11)14(20)21/h1-6H,17H2,(H,18,19)(H,20,21). The summed E-state index contributed by atoms with van der Waals surface area (Å²) in [5, 5.41) is 11.7. The number of hydrogen-bond donors (Lipinski definition) is 3. The van der Waals surface area contributed by atoms with Gasteiger partial charge in [-0.25, -0.2) is 4.79 Å². The van der Waals surface area contributed by atoms with Crippen molar-refractivity contribution in [2.75, 3.05) is 11.1 Å². The summed E-state index contributed by atoms with van der Waals surface area (Å²) in [5.74, 6) is -1.70. The summed E-state index contributed by atoms with van der Waals surface area (Å²) in [5.41, 5.74) is 6.35. The number of carbonyl (C=O) groups is 2. The largest absolute Gasteiger partial charge is 0.478 e. The second-order valence-corrected chi connectivity index (χ2v) is 5.52. The molecule has 2 aromatic rings. The Labute approximate surface area is 133 Å². The molecule has 0 aliphatic rings. The number of nitrogen functional groups attached to an aromatic ring is 1. The Hall–Kier alpha value is -2.05. The predicted octanol–water partition coefficient (Wildman–Crippen LogP) is 3.64. The van der Waals surface area contributed by atoms with Gasteiger partial charge in [0, 0.05) is 15.7 Å². The summed E-state index contributed by atoms with van der Waals surface area (Å²) in [7, 11) is 0. The van der Waals surface area contributed by atoms with Crippen molar-refractivity contribution in [3.63, 3.8) is 0 Å². The molecule has 4 N–H and O–H groups in total. The lowest BCUT2D eigenvalue weighted by molar-refractivity contribution is 0.0698. The second-order valence-electron chi connectivity index (χ2n) is 4.19. The molecule has 0 unspecified atom stereocenters. The molecule has 21 heavy (non-hydrogen) atoms. The summed E-state index contributed by atoms with van der Waals surface area (Å²) in [6.45, 7) is 0. The number of carbonyl (C=O) groups excluding carboxylic acids is 1. The highest BCUT2D eigenvalue weighted by Crippen LogP contribution is 2.25. The first kappa shape index (κ1) is 15.3. The molecular formula is C14H10BrClN2O3. The number of carboxylic acids is 1. The topological polar surface area (TPSA) is 92.4 Å². The van der Waals surface area contributed by atoms with E-state index in [9.17, 15) is 9.59 Å². The van der Waals surface area contributed by atoms with Crippen molar-refractivity contribution in [1.82, 2.24) is 0 Å². The minimum Gasteiger partial charge on any atom is -0.478 e. The smallest absolute Gasteiger partial charge is 0.339 e. The lowest BCUT2D eigenvalue weighted by Crippen LogP contribution is -2.15. The lowest BCUT2D eigenvalue weighted by Gasteiger charge is -2.10. The van der Waals surface area contributed by atoms with Crippen LogP contribution in [-0.4, -0.2) is 17.0 Å². The Morgan fingerprint density at radius 2 is 1.95 bits per heavy atom. The molecule has 0 atom stereocenters. The van der Waals surface area contributed by atoms with Gasteiger partial charge in [-0.15, -0.1) is 0 Å². The second kappa shape index (κ2) is 6.15. The number of rotatable bonds is 3. The average molecular weight is 370 g/mol. The Kier molecular flexibility index (Phi) is 4.50. The highest BCUT2D eigenvalue weighted by molar-refractivity contribution is 9.10. The van der Waals surface area contributed by atoms with Crippen molar-refractivity contribution in [2.24, 2.45) is 0 Å². The SMILES string of the molecule is Nc1cc(Br)cc(C(=O)Nc2cccc(Cl)c2C(=O)O)c1. The molecule has 0 aromatic heterocycles. The number of halogens is 2. The Morgan fingerprint density at radius 1 is 1.24 bits per heavy atom. The van der Waals surface area contributed by atoms with E-state index < -0.39 is 11.9 Å². The molecule has 2 rings (SSSR count). The van der Waals surface area contributed by atoms with Gasteiger partial charge in [0.15, 0.2) is 0 Å². The summed E-state index contributed by atoms with van der Waals surface area (Å²) in [4.78, 5) is 23.4. The van der Waals surface area contributed by atoms with Crippen LogP contribution in [0.5, 0.6) is 0 Å². The summed E-state index contributed by atoms with van der Waals surface area (Å²) < 4.78 is 0.650. The van der Waals surface area contributed by atoms with Gasteiger partial charge in [0.2, 0.25) is 0 Å². The van der Waals surface area contributed by atoms with Crippen LogP contribution in [0.3, 0.4) is 0 Å². The third-order valence-corrected chi connectivity index (χ3v) is 3.43. The number of nitrogens with one attached hydrogen (secondary N) is 1. The van der Waals surface area contributed by atoms with Crippen molar-refractivity contribution in [3.8, 4) is 0 Å². The first-order valence-corrected chi connectivity index (χ1v) is 6.95. The van der Waals surface area contributed by atoms with Crippen molar-refractivity contribution in [3.05, 3.63) is 57.0 Å². The lowest BCUT2D eigenvalue weighted by atomic mass is 10.1. The molecule has 108 valence electrons. The van der Waals surface area contributed by atoms with E-state index in [2.05, 4.69) is 21.2 Å². The summed E-state index contributed by atoms with van der Waals surface area (Å²) in [6, 6.07) is 9.19. The zero-order chi connectivity index (χ0) is 15.6. The van der Waals surface area contributed by atoms with Gasteiger partial charge in [-0.2, -0.15) is 0 Å². The van der Waals surface area contributed by atoms with Crippen molar-refractivity contribution in [1.29, 1.82) is 0 Å². The fourth-order valence-electron chi connectivity index (χ4n) is 1.78. The van der Waals surface area contributed by atoms with Crippen LogP contribution in [0, 0.1) is 0 Å². The molecule has 5 nitrogen and oxygen atoms in total. The zero-order valence-electron chi connectivity index (χ0n) is 10.6. The maximum absolute atomic E-state index is 12.2. The molecule has 0 spiro atoms. The van der Waals surface area contributed by atoms with Gasteiger partial charge in [-0.1, -0.05) is 33.6 Å². The van der Waals surface area contributed by atoms with E-state index in [1.807, 2.05) is 0 Å². The van der Waals surface area contributed by atoms with E-state index >= 15 is 0 Å². The van der Waals surface area contributed by atoms with Gasteiger partial charge in [0.05, 0.1) is 10.7 Å². The van der Waals surface area contributed by atoms with Gasteiger partial charge in [0.25, 0.3) is 5.91 Å². The van der Waals surface area contributed by atoms with Crippen LogP contribution in [0.25, 0.3) is 0 Å². The molecule has 0 aliphatic carbocycles. The Balaban J connectivity index is 2.36. The number of aromatic carboxylic acids is 1. The van der Waals surface area contributed by atoms with Crippen LogP contribution in [0.4, 0.5) is 11.4 Å². The third kappa shape index (κ3) is 3.53. The minimum absolute atomic E-state index is 0.0501. The predicted molar refractivity (Wildman–Crippen MR) is 84.9 cm³/mol. The first-order chi connectivity index (χ1) is 9.88. The Bertz CT molecular complexity index is 714. The number of nitrogens with two attached hydrogens (primary N) is 1. The molecule has 2 aromatic carbocycles. The van der Waals surface area contributed by atoms with Crippen molar-refractivity contribution < 1.29 is 14.7 Å². The highest BCUT2D eigenvalue weighted by Gasteiger charge is 2.17. The average Bonchev–Trinajstić information content (AvgIpc) is 2.37. The molecule has 0 heterocycles. The molecule has 0 radical (unpaired) electrons. The quantitative estimate of drug-likeness (QED) is 0.720. The maximum atomic E-state index is 12.2. The monoisotopic (exact) mass is 368 g/mol. The molecular weight excluding hydrogens is 360 g/mol. The minimum atomic E-state index is -1.22. The van der Waals surface area contributed by atoms with E-state index in [4.69, 9.17) is 22.4 Å². The van der Waals surface area contributed by atoms with E-state index in [1.165, 1.54) is 18.2 Å². The van der Waals surface area contributed by atoms with Gasteiger partial charge < -0.3 is 16.2 Å². The number of benzene rings is 2. The molecule has 0 saturated heterocycles. The van der Waals surface area contributed by atoms with Crippen LogP contribution in [0.1, 0.15) is 20.7 Å². The summed E-state index contributed by atoms with van der Waals surface area (Å²) in [6.07, 6.45) is 0. The fourth-order valence-corrected chi connectivity index (χ4v) is 2.55. The number of amides is 1.